The van der Waals surface area contributed by atoms with Gasteiger partial charge in [-0.05, 0) is 11.1 Å². The monoisotopic (exact) mass is 327 g/mol. The molecule has 0 N–H and O–H groups in total. The van der Waals surface area contributed by atoms with Crippen LogP contribution in [0.1, 0.15) is 23.1 Å². The van der Waals surface area contributed by atoms with Crippen LogP contribution in [0.3, 0.4) is 0 Å². The molecule has 0 aromatic carbocycles. The van der Waals surface area contributed by atoms with Crippen molar-refractivity contribution < 1.29 is 18.3 Å². The zero-order chi connectivity index (χ0) is 13.0. The number of hydrogen-bond donors (Lipinski definition) is 0. The minimum Gasteiger partial charge on any atom is -0.469 e. The van der Waals surface area contributed by atoms with Gasteiger partial charge in [0.25, 0.3) is 6.43 Å². The number of esters is 1. The summed E-state index contributed by atoms with van der Waals surface area (Å²) in [5.74, 6) is -0.517. The molecule has 0 aliphatic heterocycles. The van der Waals surface area contributed by atoms with E-state index in [0.717, 1.165) is 0 Å². The molecular weight excluding hydrogens is 319 g/mol. The average molecular weight is 329 g/mol. The molecule has 0 bridgehead atoms. The predicted octanol–water partition coefficient (Wildman–Crippen LogP) is 3.28. The van der Waals surface area contributed by atoms with E-state index in [-0.39, 0.29) is 28.0 Å². The van der Waals surface area contributed by atoms with Gasteiger partial charge < -0.3 is 4.74 Å². The molecule has 0 amide bonds. The number of methoxy groups -OCH3 is 1. The smallest absolute Gasteiger partial charge is 0.310 e. The maximum atomic E-state index is 12.8. The van der Waals surface area contributed by atoms with E-state index in [0.29, 0.717) is 5.56 Å². The second-order valence-corrected chi connectivity index (χ2v) is 4.07. The molecule has 17 heavy (non-hydrogen) atoms. The first-order chi connectivity index (χ1) is 8.01. The van der Waals surface area contributed by atoms with Crippen molar-refractivity contribution in [1.29, 1.82) is 0 Å². The molecule has 7 heteroatoms. The first-order valence-corrected chi connectivity index (χ1v) is 6.08. The van der Waals surface area contributed by atoms with Gasteiger partial charge >= 0.3 is 5.97 Å². The van der Waals surface area contributed by atoms with E-state index < -0.39 is 12.4 Å². The number of ether oxygens (including phenoxy) is 1. The van der Waals surface area contributed by atoms with E-state index in [1.54, 1.807) is 0 Å². The topological polar surface area (TPSA) is 39.2 Å². The lowest BCUT2D eigenvalue weighted by Gasteiger charge is -2.12. The number of nitrogens with zero attached hydrogens (tertiary/aromatic N) is 1. The van der Waals surface area contributed by atoms with Crippen molar-refractivity contribution in [2.45, 2.75) is 18.2 Å². The summed E-state index contributed by atoms with van der Waals surface area (Å²) in [6.45, 7) is 0. The Hall–Kier alpha value is -0.750. The summed E-state index contributed by atoms with van der Waals surface area (Å²) in [7, 11) is 1.23. The molecular formula is C10H9BrClF2NO2. The Morgan fingerprint density at radius 2 is 2.29 bits per heavy atom. The summed E-state index contributed by atoms with van der Waals surface area (Å²) in [6, 6.07) is 0. The highest BCUT2D eigenvalue weighted by molar-refractivity contribution is 9.08. The number of hydrogen-bond acceptors (Lipinski definition) is 3. The lowest BCUT2D eigenvalue weighted by Crippen LogP contribution is -2.09. The molecule has 3 nitrogen and oxygen atoms in total. The van der Waals surface area contributed by atoms with Gasteiger partial charge in [-0.2, -0.15) is 0 Å². The molecule has 0 atom stereocenters. The number of carbonyl (C=O) groups is 1. The highest BCUT2D eigenvalue weighted by Crippen LogP contribution is 2.32. The van der Waals surface area contributed by atoms with Gasteiger partial charge in [-0.3, -0.25) is 4.79 Å². The molecule has 1 aromatic rings. The number of halogens is 4. The highest BCUT2D eigenvalue weighted by atomic mass is 79.9. The fourth-order valence-corrected chi connectivity index (χ4v) is 2.25. The van der Waals surface area contributed by atoms with Crippen molar-refractivity contribution in [3.63, 3.8) is 0 Å². The SMILES string of the molecule is COC(=O)Cc1cnc(Cl)c(C(F)F)c1CBr. The normalized spacial score (nSPS) is 10.7. The van der Waals surface area contributed by atoms with Crippen molar-refractivity contribution in [2.24, 2.45) is 0 Å². The lowest BCUT2D eigenvalue weighted by atomic mass is 10.0. The van der Waals surface area contributed by atoms with Crippen molar-refractivity contribution in [1.82, 2.24) is 4.98 Å². The van der Waals surface area contributed by atoms with Gasteiger partial charge in [-0.1, -0.05) is 27.5 Å². The van der Waals surface area contributed by atoms with Gasteiger partial charge in [-0.25, -0.2) is 13.8 Å². The minimum atomic E-state index is -2.74. The number of alkyl halides is 3. The molecule has 94 valence electrons. The van der Waals surface area contributed by atoms with Crippen LogP contribution in [0.5, 0.6) is 0 Å². The molecule has 0 saturated carbocycles. The Morgan fingerprint density at radius 1 is 1.65 bits per heavy atom. The van der Waals surface area contributed by atoms with E-state index in [4.69, 9.17) is 11.6 Å². The third kappa shape index (κ3) is 3.35. The zero-order valence-electron chi connectivity index (χ0n) is 8.84. The van der Waals surface area contributed by atoms with Crippen LogP contribution in [0.4, 0.5) is 8.78 Å². The first kappa shape index (κ1) is 14.3. The molecule has 0 aliphatic rings. The standard InChI is InChI=1S/C10H9BrClF2NO2/c1-17-7(16)2-5-4-15-9(12)8(10(13)14)6(5)3-11/h4,10H,2-3H2,1H3. The van der Waals surface area contributed by atoms with Crippen LogP contribution >= 0.6 is 27.5 Å². The summed E-state index contributed by atoms with van der Waals surface area (Å²) in [6.07, 6.45) is -1.54. The molecule has 0 radical (unpaired) electrons. The Bertz CT molecular complexity index is 429. The maximum absolute atomic E-state index is 12.8. The van der Waals surface area contributed by atoms with E-state index in [2.05, 4.69) is 25.7 Å². The van der Waals surface area contributed by atoms with Crippen LogP contribution in [0.25, 0.3) is 0 Å². The minimum absolute atomic E-state index is 0.110. The molecule has 0 fully saturated rings. The number of pyridine rings is 1. The van der Waals surface area contributed by atoms with E-state index >= 15 is 0 Å². The number of carbonyl (C=O) groups excluding carboxylic acids is 1. The number of aromatic nitrogens is 1. The van der Waals surface area contributed by atoms with Crippen molar-refractivity contribution in [3.05, 3.63) is 28.0 Å². The molecule has 1 aromatic heterocycles. The van der Waals surface area contributed by atoms with Crippen LogP contribution in [0.2, 0.25) is 5.15 Å². The lowest BCUT2D eigenvalue weighted by molar-refractivity contribution is -0.139. The fourth-order valence-electron chi connectivity index (χ4n) is 1.34. The van der Waals surface area contributed by atoms with Crippen LogP contribution in [-0.4, -0.2) is 18.1 Å². The largest absolute Gasteiger partial charge is 0.469 e. The Kier molecular flexibility index (Phi) is 5.27. The summed E-state index contributed by atoms with van der Waals surface area (Å²) >= 11 is 8.72. The van der Waals surface area contributed by atoms with Gasteiger partial charge in [0.15, 0.2) is 0 Å². The van der Waals surface area contributed by atoms with E-state index in [9.17, 15) is 13.6 Å². The third-order valence-corrected chi connectivity index (χ3v) is 3.04. The van der Waals surface area contributed by atoms with Crippen LogP contribution in [-0.2, 0) is 21.3 Å². The average Bonchev–Trinajstić information content (AvgIpc) is 2.30. The molecule has 0 spiro atoms. The van der Waals surface area contributed by atoms with Crippen molar-refractivity contribution in [2.75, 3.05) is 7.11 Å². The van der Waals surface area contributed by atoms with Crippen LogP contribution in [0, 0.1) is 0 Å². The summed E-state index contributed by atoms with van der Waals surface area (Å²) in [4.78, 5) is 14.8. The van der Waals surface area contributed by atoms with Crippen molar-refractivity contribution >= 4 is 33.5 Å². The molecule has 1 heterocycles. The molecule has 0 unspecified atom stereocenters. The summed E-state index contributed by atoms with van der Waals surface area (Å²) < 4.78 is 30.1. The van der Waals surface area contributed by atoms with Gasteiger partial charge in [0, 0.05) is 11.5 Å². The quantitative estimate of drug-likeness (QED) is 0.484. The first-order valence-electron chi connectivity index (χ1n) is 4.58. The van der Waals surface area contributed by atoms with E-state index in [1.807, 2.05) is 0 Å². The predicted molar refractivity (Wildman–Crippen MR) is 62.6 cm³/mol. The third-order valence-electron chi connectivity index (χ3n) is 2.18. The Labute approximate surface area is 110 Å². The molecule has 0 saturated heterocycles. The summed E-state index contributed by atoms with van der Waals surface area (Å²) in [5.41, 5.74) is 0.323. The van der Waals surface area contributed by atoms with Gasteiger partial charge in [0.1, 0.15) is 5.15 Å². The van der Waals surface area contributed by atoms with Gasteiger partial charge in [0.2, 0.25) is 0 Å². The maximum Gasteiger partial charge on any atom is 0.310 e. The molecule has 0 aliphatic carbocycles. The van der Waals surface area contributed by atoms with Gasteiger partial charge in [0.05, 0.1) is 19.1 Å². The fraction of sp³-hybridized carbons (Fsp3) is 0.400. The van der Waals surface area contributed by atoms with Crippen molar-refractivity contribution in [3.8, 4) is 0 Å². The Balaban J connectivity index is 3.23. The van der Waals surface area contributed by atoms with E-state index in [1.165, 1.54) is 13.3 Å². The molecule has 1 rings (SSSR count). The summed E-state index contributed by atoms with van der Waals surface area (Å²) in [5, 5.41) is -0.0793. The van der Waals surface area contributed by atoms with Crippen LogP contribution < -0.4 is 0 Å². The Morgan fingerprint density at radius 3 is 2.76 bits per heavy atom. The number of rotatable bonds is 4. The zero-order valence-corrected chi connectivity index (χ0v) is 11.2. The highest BCUT2D eigenvalue weighted by Gasteiger charge is 2.21. The van der Waals surface area contributed by atoms with Crippen LogP contribution in [0.15, 0.2) is 6.20 Å². The second-order valence-electron chi connectivity index (χ2n) is 3.15. The second kappa shape index (κ2) is 6.26. The van der Waals surface area contributed by atoms with Gasteiger partial charge in [-0.15, -0.1) is 0 Å².